The van der Waals surface area contributed by atoms with Gasteiger partial charge in [0.25, 0.3) is 0 Å². The summed E-state index contributed by atoms with van der Waals surface area (Å²) in [7, 11) is 0. The zero-order valence-corrected chi connectivity index (χ0v) is 8.10. The van der Waals surface area contributed by atoms with Crippen LogP contribution in [0.5, 0.6) is 0 Å². The van der Waals surface area contributed by atoms with E-state index in [4.69, 9.17) is 5.73 Å². The van der Waals surface area contributed by atoms with E-state index < -0.39 is 0 Å². The third-order valence-electron chi connectivity index (χ3n) is 1.43. The fourth-order valence-electron chi connectivity index (χ4n) is 0.900. The number of hydrogen-bond acceptors (Lipinski definition) is 3. The van der Waals surface area contributed by atoms with Gasteiger partial charge in [0.15, 0.2) is 0 Å². The van der Waals surface area contributed by atoms with Gasteiger partial charge in [-0.15, -0.1) is 0 Å². The van der Waals surface area contributed by atoms with E-state index in [0.29, 0.717) is 5.82 Å². The molecule has 1 aromatic rings. The molecule has 1 heterocycles. The Labute approximate surface area is 77.6 Å². The molecule has 1 aromatic heterocycles. The molecule has 0 spiro atoms. The molecule has 12 heavy (non-hydrogen) atoms. The number of anilines is 1. The molecular formula is C9H14N2S. The number of nitrogens with zero attached hydrogens (tertiary/aromatic N) is 1. The molecule has 3 heteroatoms. The summed E-state index contributed by atoms with van der Waals surface area (Å²) in [5, 5.41) is 0. The van der Waals surface area contributed by atoms with Gasteiger partial charge in [-0.1, -0.05) is 13.0 Å². The fraction of sp³-hybridized carbons (Fsp3) is 0.444. The third-order valence-corrected chi connectivity index (χ3v) is 2.62. The molecule has 0 aliphatic heterocycles. The zero-order valence-electron chi connectivity index (χ0n) is 7.29. The molecule has 0 saturated heterocycles. The lowest BCUT2D eigenvalue weighted by molar-refractivity contribution is 1.10. The lowest BCUT2D eigenvalue weighted by Gasteiger charge is -1.99. The lowest BCUT2D eigenvalue weighted by atomic mass is 10.4. The third kappa shape index (κ3) is 3.13. The second kappa shape index (κ2) is 5.04. The number of rotatable bonds is 4. The van der Waals surface area contributed by atoms with E-state index in [2.05, 4.69) is 11.9 Å². The first-order chi connectivity index (χ1) is 5.83. The largest absolute Gasteiger partial charge is 0.384 e. The van der Waals surface area contributed by atoms with Crippen molar-refractivity contribution in [3.8, 4) is 0 Å². The van der Waals surface area contributed by atoms with Gasteiger partial charge in [-0.25, -0.2) is 4.98 Å². The van der Waals surface area contributed by atoms with Crippen LogP contribution in [0.4, 0.5) is 5.82 Å². The van der Waals surface area contributed by atoms with Crippen LogP contribution < -0.4 is 5.73 Å². The van der Waals surface area contributed by atoms with Gasteiger partial charge in [-0.2, -0.15) is 11.8 Å². The summed E-state index contributed by atoms with van der Waals surface area (Å²) in [6.45, 7) is 2.18. The van der Waals surface area contributed by atoms with Gasteiger partial charge in [-0.3, -0.25) is 0 Å². The van der Waals surface area contributed by atoms with Crippen molar-refractivity contribution >= 4 is 17.6 Å². The molecule has 2 nitrogen and oxygen atoms in total. The van der Waals surface area contributed by atoms with Crippen LogP contribution in [-0.4, -0.2) is 10.7 Å². The molecule has 1 rings (SSSR count). The van der Waals surface area contributed by atoms with Gasteiger partial charge >= 0.3 is 0 Å². The zero-order chi connectivity index (χ0) is 8.81. The highest BCUT2D eigenvalue weighted by Crippen LogP contribution is 2.11. The maximum absolute atomic E-state index is 5.54. The number of aromatic nitrogens is 1. The fourth-order valence-corrected chi connectivity index (χ4v) is 1.70. The van der Waals surface area contributed by atoms with Crippen LogP contribution in [0.15, 0.2) is 18.2 Å². The summed E-state index contributed by atoms with van der Waals surface area (Å²) in [6, 6.07) is 5.77. The summed E-state index contributed by atoms with van der Waals surface area (Å²) in [5.74, 6) is 2.78. The SMILES string of the molecule is CCCSCc1cccc(N)n1. The van der Waals surface area contributed by atoms with Crippen molar-refractivity contribution in [3.63, 3.8) is 0 Å². The standard InChI is InChI=1S/C9H14N2S/c1-2-6-12-7-8-4-3-5-9(10)11-8/h3-5H,2,6-7H2,1H3,(H2,10,11). The number of nitrogens with two attached hydrogens (primary N) is 1. The van der Waals surface area contributed by atoms with Crippen molar-refractivity contribution in [2.75, 3.05) is 11.5 Å². The number of nitrogen functional groups attached to an aromatic ring is 1. The van der Waals surface area contributed by atoms with Crippen LogP contribution in [0.2, 0.25) is 0 Å². The first-order valence-corrected chi connectivity index (χ1v) is 5.27. The summed E-state index contributed by atoms with van der Waals surface area (Å²) in [4.78, 5) is 4.20. The van der Waals surface area contributed by atoms with Crippen LogP contribution in [0.1, 0.15) is 19.0 Å². The molecule has 0 aliphatic carbocycles. The van der Waals surface area contributed by atoms with Gasteiger partial charge in [-0.05, 0) is 24.3 Å². The molecule has 0 radical (unpaired) electrons. The second-order valence-corrected chi connectivity index (χ2v) is 3.71. The normalized spacial score (nSPS) is 10.1. The highest BCUT2D eigenvalue weighted by atomic mass is 32.2. The van der Waals surface area contributed by atoms with Gasteiger partial charge in [0, 0.05) is 5.75 Å². The Bertz CT molecular complexity index is 238. The summed E-state index contributed by atoms with van der Waals surface area (Å²) in [5.41, 5.74) is 6.62. The van der Waals surface area contributed by atoms with Crippen LogP contribution in [0.25, 0.3) is 0 Å². The molecule has 0 unspecified atom stereocenters. The monoisotopic (exact) mass is 182 g/mol. The minimum Gasteiger partial charge on any atom is -0.384 e. The predicted octanol–water partition coefficient (Wildman–Crippen LogP) is 2.31. The van der Waals surface area contributed by atoms with Crippen LogP contribution in [-0.2, 0) is 5.75 Å². The Morgan fingerprint density at radius 1 is 1.50 bits per heavy atom. The molecule has 0 fully saturated rings. The van der Waals surface area contributed by atoms with E-state index in [1.807, 2.05) is 30.0 Å². The average molecular weight is 182 g/mol. The van der Waals surface area contributed by atoms with Crippen LogP contribution in [0.3, 0.4) is 0 Å². The number of thioether (sulfide) groups is 1. The minimum absolute atomic E-state index is 0.615. The second-order valence-electron chi connectivity index (χ2n) is 2.61. The summed E-state index contributed by atoms with van der Waals surface area (Å²) in [6.07, 6.45) is 1.22. The van der Waals surface area contributed by atoms with Gasteiger partial charge < -0.3 is 5.73 Å². The van der Waals surface area contributed by atoms with Crippen molar-refractivity contribution in [2.24, 2.45) is 0 Å². The van der Waals surface area contributed by atoms with Gasteiger partial charge in [0.2, 0.25) is 0 Å². The maximum atomic E-state index is 5.54. The van der Waals surface area contributed by atoms with E-state index in [1.54, 1.807) is 0 Å². The molecule has 66 valence electrons. The first kappa shape index (κ1) is 9.39. The van der Waals surface area contributed by atoms with Gasteiger partial charge in [0.05, 0.1) is 5.69 Å². The first-order valence-electron chi connectivity index (χ1n) is 4.12. The van der Waals surface area contributed by atoms with Crippen LogP contribution >= 0.6 is 11.8 Å². The molecule has 0 aromatic carbocycles. The Morgan fingerprint density at radius 3 is 3.00 bits per heavy atom. The molecule has 0 saturated carbocycles. The van der Waals surface area contributed by atoms with Crippen molar-refractivity contribution < 1.29 is 0 Å². The lowest BCUT2D eigenvalue weighted by Crippen LogP contribution is -1.93. The molecule has 0 atom stereocenters. The Kier molecular flexibility index (Phi) is 3.94. The van der Waals surface area contributed by atoms with Crippen molar-refractivity contribution in [1.29, 1.82) is 0 Å². The quantitative estimate of drug-likeness (QED) is 0.726. The minimum atomic E-state index is 0.615. The highest BCUT2D eigenvalue weighted by Gasteiger charge is 1.94. The van der Waals surface area contributed by atoms with E-state index in [1.165, 1.54) is 12.2 Å². The highest BCUT2D eigenvalue weighted by molar-refractivity contribution is 7.98. The molecule has 2 N–H and O–H groups in total. The molecule has 0 amide bonds. The summed E-state index contributed by atoms with van der Waals surface area (Å²) >= 11 is 1.90. The predicted molar refractivity (Wildman–Crippen MR) is 55.1 cm³/mol. The van der Waals surface area contributed by atoms with Crippen molar-refractivity contribution in [2.45, 2.75) is 19.1 Å². The van der Waals surface area contributed by atoms with Crippen molar-refractivity contribution in [1.82, 2.24) is 4.98 Å². The maximum Gasteiger partial charge on any atom is 0.123 e. The van der Waals surface area contributed by atoms with Crippen LogP contribution in [0, 0.1) is 0 Å². The van der Waals surface area contributed by atoms with E-state index in [9.17, 15) is 0 Å². The van der Waals surface area contributed by atoms with E-state index in [0.717, 1.165) is 11.4 Å². The smallest absolute Gasteiger partial charge is 0.123 e. The Morgan fingerprint density at radius 2 is 2.33 bits per heavy atom. The van der Waals surface area contributed by atoms with E-state index >= 15 is 0 Å². The molecule has 0 aliphatic rings. The number of pyridine rings is 1. The van der Waals surface area contributed by atoms with Crippen molar-refractivity contribution in [3.05, 3.63) is 23.9 Å². The Balaban J connectivity index is 2.41. The van der Waals surface area contributed by atoms with E-state index in [-0.39, 0.29) is 0 Å². The molecular weight excluding hydrogens is 168 g/mol. The average Bonchev–Trinajstić information content (AvgIpc) is 2.05. The molecule has 0 bridgehead atoms. The Hall–Kier alpha value is -0.700. The number of hydrogen-bond donors (Lipinski definition) is 1. The topological polar surface area (TPSA) is 38.9 Å². The summed E-state index contributed by atoms with van der Waals surface area (Å²) < 4.78 is 0. The van der Waals surface area contributed by atoms with Gasteiger partial charge in [0.1, 0.15) is 5.82 Å².